The third kappa shape index (κ3) is 3.23. The fourth-order valence-electron chi connectivity index (χ4n) is 2.74. The molecule has 0 saturated heterocycles. The summed E-state index contributed by atoms with van der Waals surface area (Å²) in [6, 6.07) is 3.64. The summed E-state index contributed by atoms with van der Waals surface area (Å²) in [5, 5.41) is 0. The zero-order valence-electron chi connectivity index (χ0n) is 11.0. The van der Waals surface area contributed by atoms with Crippen LogP contribution in [0, 0.1) is 23.6 Å². The fourth-order valence-corrected chi connectivity index (χ4v) is 4.86. The van der Waals surface area contributed by atoms with Crippen molar-refractivity contribution in [3.8, 4) is 0 Å². The first kappa shape index (κ1) is 14.5. The normalized spacial score (nSPS) is 19.6. The molecule has 0 unspecified atom stereocenters. The highest BCUT2D eigenvalue weighted by atomic mass is 79.9. The Balaban J connectivity index is 1.71. The van der Waals surface area contributed by atoms with Crippen molar-refractivity contribution in [3.63, 3.8) is 0 Å². The predicted octanol–water partition coefficient (Wildman–Crippen LogP) is 3.30. The number of rotatable bonds is 6. The average molecular weight is 362 g/mol. The second-order valence-corrected chi connectivity index (χ2v) is 8.36. The summed E-state index contributed by atoms with van der Waals surface area (Å²) in [5.41, 5.74) is 0. The lowest BCUT2D eigenvalue weighted by atomic mass is 9.99. The highest BCUT2D eigenvalue weighted by molar-refractivity contribution is 9.10. The van der Waals surface area contributed by atoms with Crippen LogP contribution in [-0.2, 0) is 10.0 Å². The van der Waals surface area contributed by atoms with Gasteiger partial charge < -0.3 is 0 Å². The third-order valence-electron chi connectivity index (χ3n) is 4.15. The monoisotopic (exact) mass is 361 g/mol. The number of hydrogen-bond donors (Lipinski definition) is 1. The van der Waals surface area contributed by atoms with Gasteiger partial charge in [-0.05, 0) is 77.6 Å². The van der Waals surface area contributed by atoms with E-state index in [-0.39, 0.29) is 9.37 Å². The van der Waals surface area contributed by atoms with Gasteiger partial charge in [-0.2, -0.15) is 0 Å². The van der Waals surface area contributed by atoms with Gasteiger partial charge in [-0.3, -0.25) is 0 Å². The molecule has 0 heterocycles. The number of halogens is 2. The Hall–Kier alpha value is -0.460. The zero-order chi connectivity index (χ0) is 14.3. The van der Waals surface area contributed by atoms with Crippen LogP contribution in [0.15, 0.2) is 27.6 Å². The van der Waals surface area contributed by atoms with E-state index in [9.17, 15) is 12.8 Å². The number of benzene rings is 1. The van der Waals surface area contributed by atoms with Crippen molar-refractivity contribution >= 4 is 26.0 Å². The molecule has 0 amide bonds. The van der Waals surface area contributed by atoms with Crippen molar-refractivity contribution in [2.24, 2.45) is 17.8 Å². The van der Waals surface area contributed by atoms with E-state index in [4.69, 9.17) is 0 Å². The second kappa shape index (κ2) is 5.39. The Morgan fingerprint density at radius 1 is 1.25 bits per heavy atom. The van der Waals surface area contributed by atoms with Gasteiger partial charge >= 0.3 is 0 Å². The van der Waals surface area contributed by atoms with E-state index in [2.05, 4.69) is 20.7 Å². The highest BCUT2D eigenvalue weighted by Crippen LogP contribution is 2.48. The lowest BCUT2D eigenvalue weighted by Gasteiger charge is -2.16. The Morgan fingerprint density at radius 3 is 2.35 bits per heavy atom. The molecule has 2 fully saturated rings. The quantitative estimate of drug-likeness (QED) is 0.844. The Kier molecular flexibility index (Phi) is 3.90. The van der Waals surface area contributed by atoms with E-state index in [1.165, 1.54) is 43.9 Å². The minimum absolute atomic E-state index is 0.101. The molecule has 2 saturated carbocycles. The maximum Gasteiger partial charge on any atom is 0.241 e. The van der Waals surface area contributed by atoms with Crippen LogP contribution in [-0.4, -0.2) is 15.0 Å². The minimum atomic E-state index is -3.58. The predicted molar refractivity (Wildman–Crippen MR) is 78.2 cm³/mol. The van der Waals surface area contributed by atoms with Crippen molar-refractivity contribution in [2.45, 2.75) is 30.6 Å². The highest BCUT2D eigenvalue weighted by Gasteiger charge is 2.41. The molecule has 1 aromatic carbocycles. The zero-order valence-corrected chi connectivity index (χ0v) is 13.4. The molecule has 1 N–H and O–H groups in total. The van der Waals surface area contributed by atoms with E-state index in [0.29, 0.717) is 24.3 Å². The molecule has 0 radical (unpaired) electrons. The van der Waals surface area contributed by atoms with Crippen LogP contribution >= 0.6 is 15.9 Å². The van der Waals surface area contributed by atoms with Gasteiger partial charge in [-0.15, -0.1) is 0 Å². The van der Waals surface area contributed by atoms with Crippen LogP contribution in [0.1, 0.15) is 25.7 Å². The smallest absolute Gasteiger partial charge is 0.211 e. The molecule has 3 nitrogen and oxygen atoms in total. The fraction of sp³-hybridized carbons (Fsp3) is 0.571. The molecular weight excluding hydrogens is 345 g/mol. The molecule has 2 aliphatic carbocycles. The van der Waals surface area contributed by atoms with Crippen molar-refractivity contribution in [1.82, 2.24) is 4.72 Å². The third-order valence-corrected chi connectivity index (χ3v) is 6.55. The van der Waals surface area contributed by atoms with E-state index >= 15 is 0 Å². The Bertz CT molecular complexity index is 600. The summed E-state index contributed by atoms with van der Waals surface area (Å²) in [6.07, 6.45) is 4.90. The van der Waals surface area contributed by atoms with Crippen LogP contribution in [0.4, 0.5) is 4.39 Å². The maximum absolute atomic E-state index is 13.0. The van der Waals surface area contributed by atoms with Gasteiger partial charge in [-0.1, -0.05) is 0 Å². The summed E-state index contributed by atoms with van der Waals surface area (Å²) in [4.78, 5) is 0.101. The average Bonchev–Trinajstić information content (AvgIpc) is 3.23. The van der Waals surface area contributed by atoms with Crippen LogP contribution in [0.3, 0.4) is 0 Å². The molecule has 0 atom stereocenters. The summed E-state index contributed by atoms with van der Waals surface area (Å²) in [5.74, 6) is 1.41. The Morgan fingerprint density at radius 2 is 1.85 bits per heavy atom. The van der Waals surface area contributed by atoms with Crippen LogP contribution in [0.25, 0.3) is 0 Å². The largest absolute Gasteiger partial charge is 0.241 e. The summed E-state index contributed by atoms with van der Waals surface area (Å²) >= 11 is 3.11. The molecule has 0 spiro atoms. The van der Waals surface area contributed by atoms with E-state index in [1.807, 2.05) is 0 Å². The van der Waals surface area contributed by atoms with Gasteiger partial charge in [0.2, 0.25) is 10.0 Å². The first-order valence-electron chi connectivity index (χ1n) is 6.92. The molecule has 0 bridgehead atoms. The second-order valence-electron chi connectivity index (χ2n) is 5.77. The van der Waals surface area contributed by atoms with Gasteiger partial charge in [0.1, 0.15) is 5.82 Å². The minimum Gasteiger partial charge on any atom is -0.211 e. The van der Waals surface area contributed by atoms with Crippen LogP contribution in [0.2, 0.25) is 0 Å². The van der Waals surface area contributed by atoms with Crippen molar-refractivity contribution < 1.29 is 12.8 Å². The molecule has 6 heteroatoms. The van der Waals surface area contributed by atoms with E-state index < -0.39 is 15.8 Å². The first-order valence-corrected chi connectivity index (χ1v) is 9.20. The molecule has 110 valence electrons. The van der Waals surface area contributed by atoms with Gasteiger partial charge in [-0.25, -0.2) is 17.5 Å². The van der Waals surface area contributed by atoms with Gasteiger partial charge in [0.05, 0.1) is 4.90 Å². The van der Waals surface area contributed by atoms with E-state index in [1.54, 1.807) is 0 Å². The summed E-state index contributed by atoms with van der Waals surface area (Å²) in [6.45, 7) is 0.501. The standard InChI is InChI=1S/C14H17BrFNO2S/c15-13-7-11(16)5-6-14(13)20(18,19)17-8-12(9-1-2-9)10-3-4-10/h5-7,9-10,12,17H,1-4,8H2. The molecule has 3 rings (SSSR count). The molecular formula is C14H17BrFNO2S. The lowest BCUT2D eigenvalue weighted by Crippen LogP contribution is -2.31. The summed E-state index contributed by atoms with van der Waals surface area (Å²) < 4.78 is 40.6. The van der Waals surface area contributed by atoms with Gasteiger partial charge in [0.15, 0.2) is 0 Å². The van der Waals surface area contributed by atoms with Gasteiger partial charge in [0.25, 0.3) is 0 Å². The van der Waals surface area contributed by atoms with Crippen LogP contribution in [0.5, 0.6) is 0 Å². The number of nitrogens with one attached hydrogen (secondary N) is 1. The SMILES string of the molecule is O=S(=O)(NCC(C1CC1)C1CC1)c1ccc(F)cc1Br. The lowest BCUT2D eigenvalue weighted by molar-refractivity contribution is 0.401. The van der Waals surface area contributed by atoms with Crippen molar-refractivity contribution in [3.05, 3.63) is 28.5 Å². The van der Waals surface area contributed by atoms with Gasteiger partial charge in [0, 0.05) is 11.0 Å². The number of sulfonamides is 1. The molecule has 20 heavy (non-hydrogen) atoms. The number of hydrogen-bond acceptors (Lipinski definition) is 2. The molecule has 0 aliphatic heterocycles. The molecule has 2 aliphatic rings. The first-order chi connectivity index (χ1) is 9.47. The summed E-state index contributed by atoms with van der Waals surface area (Å²) in [7, 11) is -3.58. The molecule has 0 aromatic heterocycles. The van der Waals surface area contributed by atoms with Crippen molar-refractivity contribution in [2.75, 3.05) is 6.54 Å². The topological polar surface area (TPSA) is 46.2 Å². The van der Waals surface area contributed by atoms with Crippen molar-refractivity contribution in [1.29, 1.82) is 0 Å². The Labute approximate surface area is 127 Å². The van der Waals surface area contributed by atoms with Crippen LogP contribution < -0.4 is 4.72 Å². The van der Waals surface area contributed by atoms with E-state index in [0.717, 1.165) is 0 Å². The molecule has 1 aromatic rings. The maximum atomic E-state index is 13.0.